The topological polar surface area (TPSA) is 73.9 Å². The molecule has 0 aliphatic heterocycles. The summed E-state index contributed by atoms with van der Waals surface area (Å²) >= 11 is 10.1. The average molecular weight is 453 g/mol. The Hall–Kier alpha value is -0.570. The molecular weight excluding hydrogens is 444 g/mol. The molecule has 0 radical (unpaired) electrons. The van der Waals surface area contributed by atoms with E-state index in [0.29, 0.717) is 34.1 Å². The highest BCUT2D eigenvalue weighted by molar-refractivity contribution is 9.11. The molecule has 0 atom stereocenters. The van der Waals surface area contributed by atoms with E-state index in [9.17, 15) is 0 Å². The van der Waals surface area contributed by atoms with E-state index in [2.05, 4.69) is 62.7 Å². The maximum Gasteiger partial charge on any atom is 0.181 e. The second-order valence-electron chi connectivity index (χ2n) is 3.61. The van der Waals surface area contributed by atoms with E-state index in [-0.39, 0.29) is 0 Å². The van der Waals surface area contributed by atoms with E-state index in [1.54, 1.807) is 13.3 Å². The van der Waals surface area contributed by atoms with Crippen molar-refractivity contribution in [3.8, 4) is 11.5 Å². The molecule has 0 amide bonds. The maximum absolute atomic E-state index is 5.86. The lowest BCUT2D eigenvalue weighted by atomic mass is 10.3. The summed E-state index contributed by atoms with van der Waals surface area (Å²) in [7, 11) is 1.60. The Morgan fingerprint density at radius 2 is 2.00 bits per heavy atom. The summed E-state index contributed by atoms with van der Waals surface area (Å²) < 4.78 is 7.38. The Kier molecular flexibility index (Phi) is 4.88. The first-order valence-electron chi connectivity index (χ1n) is 5.15. The first-order valence-corrected chi connectivity index (χ1v) is 7.53. The molecule has 0 saturated carbocycles. The van der Waals surface area contributed by atoms with Gasteiger partial charge < -0.3 is 10.5 Å². The number of hydrogen-bond acceptors (Lipinski definition) is 5. The molecule has 5 nitrogen and oxygen atoms in total. The minimum Gasteiger partial charge on any atom is -0.383 e. The number of nitrogens with two attached hydrogens (primary N) is 1. The molecule has 2 aromatic rings. The van der Waals surface area contributed by atoms with Gasteiger partial charge in [0, 0.05) is 22.3 Å². The fourth-order valence-electron chi connectivity index (χ4n) is 1.43. The number of rotatable bonds is 3. The van der Waals surface area contributed by atoms with Gasteiger partial charge in [0.15, 0.2) is 5.82 Å². The summed E-state index contributed by atoms with van der Waals surface area (Å²) in [6, 6.07) is 1.87. The number of aromatic nitrogens is 3. The Morgan fingerprint density at radius 1 is 1.26 bits per heavy atom. The van der Waals surface area contributed by atoms with Crippen LogP contribution in [0.1, 0.15) is 5.69 Å². The number of pyridine rings is 1. The van der Waals surface area contributed by atoms with Crippen LogP contribution >= 0.6 is 47.8 Å². The third-order valence-corrected chi connectivity index (χ3v) is 4.15. The predicted molar refractivity (Wildman–Crippen MR) is 83.5 cm³/mol. The van der Waals surface area contributed by atoms with E-state index in [1.807, 2.05) is 6.07 Å². The molecule has 0 spiro atoms. The predicted octanol–water partition coefficient (Wildman–Crippen LogP) is 3.55. The summed E-state index contributed by atoms with van der Waals surface area (Å²) in [6.07, 6.45) is 1.68. The molecule has 8 heteroatoms. The van der Waals surface area contributed by atoms with Gasteiger partial charge in [0.25, 0.3) is 0 Å². The molecule has 2 heterocycles. The van der Waals surface area contributed by atoms with Crippen molar-refractivity contribution in [1.29, 1.82) is 0 Å². The van der Waals surface area contributed by atoms with Crippen molar-refractivity contribution in [1.82, 2.24) is 15.0 Å². The number of nitrogen functional groups attached to an aromatic ring is 1. The van der Waals surface area contributed by atoms with Gasteiger partial charge in [0.2, 0.25) is 0 Å². The number of methoxy groups -OCH3 is 1. The Balaban J connectivity index is 2.56. The minimum atomic E-state index is 0.342. The van der Waals surface area contributed by atoms with Crippen LogP contribution in [0.5, 0.6) is 0 Å². The molecule has 100 valence electrons. The van der Waals surface area contributed by atoms with Gasteiger partial charge in [-0.1, -0.05) is 0 Å². The zero-order valence-electron chi connectivity index (χ0n) is 9.82. The lowest BCUT2D eigenvalue weighted by Gasteiger charge is -2.09. The lowest BCUT2D eigenvalue weighted by Crippen LogP contribution is -2.04. The number of hydrogen-bond donors (Lipinski definition) is 1. The largest absolute Gasteiger partial charge is 0.383 e. The highest BCUT2D eigenvalue weighted by atomic mass is 79.9. The van der Waals surface area contributed by atoms with E-state index in [0.717, 1.165) is 8.95 Å². The second-order valence-corrected chi connectivity index (χ2v) is 6.17. The Labute approximate surface area is 135 Å². The Morgan fingerprint density at radius 3 is 2.63 bits per heavy atom. The summed E-state index contributed by atoms with van der Waals surface area (Å²) in [5.74, 6) is 0.806. The molecule has 0 bridgehead atoms. The van der Waals surface area contributed by atoms with Crippen molar-refractivity contribution < 1.29 is 4.74 Å². The number of nitrogens with zero attached hydrogens (tertiary/aromatic N) is 3. The summed E-state index contributed by atoms with van der Waals surface area (Å²) in [6.45, 7) is 0.342. The maximum atomic E-state index is 5.86. The van der Waals surface area contributed by atoms with Crippen LogP contribution in [0.2, 0.25) is 0 Å². The highest BCUT2D eigenvalue weighted by Crippen LogP contribution is 2.29. The van der Waals surface area contributed by atoms with Gasteiger partial charge in [0.1, 0.15) is 11.5 Å². The van der Waals surface area contributed by atoms with Crippen molar-refractivity contribution in [2.45, 2.75) is 6.61 Å². The van der Waals surface area contributed by atoms with Gasteiger partial charge in [-0.25, -0.2) is 9.97 Å². The van der Waals surface area contributed by atoms with Gasteiger partial charge in [-0.05, 0) is 53.9 Å². The molecule has 0 saturated heterocycles. The van der Waals surface area contributed by atoms with Crippen LogP contribution < -0.4 is 5.73 Å². The molecule has 0 unspecified atom stereocenters. The lowest BCUT2D eigenvalue weighted by molar-refractivity contribution is 0.181. The fraction of sp³-hybridized carbons (Fsp3) is 0.182. The molecule has 0 aromatic carbocycles. The smallest absolute Gasteiger partial charge is 0.181 e. The summed E-state index contributed by atoms with van der Waals surface area (Å²) in [4.78, 5) is 12.9. The fourth-order valence-corrected chi connectivity index (χ4v) is 2.89. The van der Waals surface area contributed by atoms with E-state index in [4.69, 9.17) is 10.5 Å². The molecule has 2 aromatic heterocycles. The van der Waals surface area contributed by atoms with Crippen LogP contribution in [-0.2, 0) is 11.3 Å². The molecule has 2 N–H and O–H groups in total. The quantitative estimate of drug-likeness (QED) is 0.770. The zero-order chi connectivity index (χ0) is 14.0. The minimum absolute atomic E-state index is 0.342. The van der Waals surface area contributed by atoms with Gasteiger partial charge in [-0.2, -0.15) is 0 Å². The molecule has 0 fully saturated rings. The van der Waals surface area contributed by atoms with Crippen molar-refractivity contribution >= 4 is 53.6 Å². The van der Waals surface area contributed by atoms with Crippen LogP contribution in [-0.4, -0.2) is 22.1 Å². The third-order valence-electron chi connectivity index (χ3n) is 2.25. The van der Waals surface area contributed by atoms with Crippen molar-refractivity contribution in [3.05, 3.63) is 31.4 Å². The average Bonchev–Trinajstić information content (AvgIpc) is 2.35. The van der Waals surface area contributed by atoms with Gasteiger partial charge in [-0.3, -0.25) is 4.98 Å². The van der Waals surface area contributed by atoms with Crippen molar-refractivity contribution in [2.24, 2.45) is 0 Å². The van der Waals surface area contributed by atoms with Crippen LogP contribution in [0.25, 0.3) is 11.5 Å². The summed E-state index contributed by atoms with van der Waals surface area (Å²) in [5.41, 5.74) is 7.17. The number of halogens is 3. The van der Waals surface area contributed by atoms with E-state index >= 15 is 0 Å². The molecule has 2 rings (SSSR count). The second kappa shape index (κ2) is 6.25. The van der Waals surface area contributed by atoms with Gasteiger partial charge >= 0.3 is 0 Å². The Bertz CT molecular complexity index is 621. The standard InChI is InChI=1S/C11H9Br3N4O/c1-19-4-7-8(14)10(15)18-11(17-7)9-6(13)2-5(12)3-16-9/h2-3H,4H2,1H3,(H2,15,17,18). The number of anilines is 1. The first-order chi connectivity index (χ1) is 9.02. The van der Waals surface area contributed by atoms with Crippen LogP contribution in [0.4, 0.5) is 5.82 Å². The van der Waals surface area contributed by atoms with E-state index < -0.39 is 0 Å². The van der Waals surface area contributed by atoms with Crippen molar-refractivity contribution in [2.75, 3.05) is 12.8 Å². The van der Waals surface area contributed by atoms with Gasteiger partial charge in [0.05, 0.1) is 16.8 Å². The monoisotopic (exact) mass is 450 g/mol. The third kappa shape index (κ3) is 3.31. The SMILES string of the molecule is COCc1nc(-c2ncc(Br)cc2Br)nc(N)c1Br. The first kappa shape index (κ1) is 14.8. The zero-order valence-corrected chi connectivity index (χ0v) is 14.6. The van der Waals surface area contributed by atoms with Crippen molar-refractivity contribution in [3.63, 3.8) is 0 Å². The van der Waals surface area contributed by atoms with Crippen LogP contribution in [0, 0.1) is 0 Å². The normalized spacial score (nSPS) is 10.7. The van der Waals surface area contributed by atoms with Crippen LogP contribution in [0.3, 0.4) is 0 Å². The van der Waals surface area contributed by atoms with Gasteiger partial charge in [-0.15, -0.1) is 0 Å². The molecule has 19 heavy (non-hydrogen) atoms. The molecule has 0 aliphatic carbocycles. The molecule has 0 aliphatic rings. The number of ether oxygens (including phenoxy) is 1. The summed E-state index contributed by atoms with van der Waals surface area (Å²) in [5, 5.41) is 0. The van der Waals surface area contributed by atoms with E-state index in [1.165, 1.54) is 0 Å². The van der Waals surface area contributed by atoms with Crippen LogP contribution in [0.15, 0.2) is 25.7 Å². The highest BCUT2D eigenvalue weighted by Gasteiger charge is 2.14. The molecular formula is C11H9Br3N4O.